The minimum absolute atomic E-state index is 0.0306. The molecule has 0 saturated carbocycles. The molecule has 1 aromatic carbocycles. The van der Waals surface area contributed by atoms with Crippen LogP contribution in [0, 0.1) is 13.8 Å². The van der Waals surface area contributed by atoms with Gasteiger partial charge in [-0.25, -0.2) is 8.42 Å². The van der Waals surface area contributed by atoms with Crippen LogP contribution in [0.15, 0.2) is 16.6 Å². The van der Waals surface area contributed by atoms with Crippen LogP contribution in [0.2, 0.25) is 0 Å². The van der Waals surface area contributed by atoms with Crippen LogP contribution >= 0.6 is 15.9 Å². The zero-order valence-electron chi connectivity index (χ0n) is 11.7. The molecule has 4 nitrogen and oxygen atoms in total. The van der Waals surface area contributed by atoms with E-state index in [2.05, 4.69) is 20.7 Å². The number of hydrogen-bond acceptors (Lipinski definition) is 3. The molecule has 0 bridgehead atoms. The second-order valence-electron chi connectivity index (χ2n) is 4.78. The van der Waals surface area contributed by atoms with Crippen molar-refractivity contribution in [1.29, 1.82) is 0 Å². The zero-order valence-corrected chi connectivity index (χ0v) is 14.1. The third-order valence-electron chi connectivity index (χ3n) is 2.49. The molecule has 0 aliphatic carbocycles. The Hall–Kier alpha value is -0.590. The predicted octanol–water partition coefficient (Wildman–Crippen LogP) is 3.23. The van der Waals surface area contributed by atoms with E-state index in [1.807, 2.05) is 39.8 Å². The second kappa shape index (κ2) is 6.72. The summed E-state index contributed by atoms with van der Waals surface area (Å²) in [4.78, 5) is 0. The van der Waals surface area contributed by atoms with E-state index in [-0.39, 0.29) is 18.5 Å². The molecule has 0 fully saturated rings. The van der Waals surface area contributed by atoms with Gasteiger partial charge in [0, 0.05) is 4.47 Å². The quantitative estimate of drug-likeness (QED) is 0.857. The van der Waals surface area contributed by atoms with Gasteiger partial charge < -0.3 is 4.74 Å². The van der Waals surface area contributed by atoms with Gasteiger partial charge in [0.25, 0.3) is 0 Å². The highest BCUT2D eigenvalue weighted by Crippen LogP contribution is 2.28. The molecule has 0 aliphatic rings. The summed E-state index contributed by atoms with van der Waals surface area (Å²) in [6.45, 7) is 7.78. The normalized spacial score (nSPS) is 11.9. The lowest BCUT2D eigenvalue weighted by Gasteiger charge is -2.14. The first-order valence-corrected chi connectivity index (χ1v) is 8.54. The molecule has 19 heavy (non-hydrogen) atoms. The highest BCUT2D eigenvalue weighted by Gasteiger charge is 2.14. The van der Waals surface area contributed by atoms with Gasteiger partial charge in [-0.2, -0.15) is 0 Å². The smallest absolute Gasteiger partial charge is 0.235 e. The molecule has 108 valence electrons. The lowest BCUT2D eigenvalue weighted by atomic mass is 10.1. The van der Waals surface area contributed by atoms with Crippen LogP contribution in [0.3, 0.4) is 0 Å². The molecule has 0 radical (unpaired) electrons. The third kappa shape index (κ3) is 5.50. The lowest BCUT2D eigenvalue weighted by molar-refractivity contribution is 0.0913. The van der Waals surface area contributed by atoms with Gasteiger partial charge >= 0.3 is 0 Å². The Morgan fingerprint density at radius 2 is 1.95 bits per heavy atom. The number of aryl methyl sites for hydroxylation is 2. The number of rotatable bonds is 6. The van der Waals surface area contributed by atoms with E-state index in [1.165, 1.54) is 0 Å². The molecule has 6 heteroatoms. The molecule has 0 saturated heterocycles. The summed E-state index contributed by atoms with van der Waals surface area (Å²) in [7, 11) is -3.39. The summed E-state index contributed by atoms with van der Waals surface area (Å²) in [6, 6.07) is 3.82. The summed E-state index contributed by atoms with van der Waals surface area (Å²) < 4.78 is 32.5. The molecule has 0 aromatic heterocycles. The van der Waals surface area contributed by atoms with Gasteiger partial charge in [-0.1, -0.05) is 6.07 Å². The minimum Gasteiger partial charge on any atom is -0.378 e. The van der Waals surface area contributed by atoms with E-state index in [4.69, 9.17) is 4.74 Å². The molecule has 0 amide bonds. The molecule has 0 aliphatic heterocycles. The van der Waals surface area contributed by atoms with Crippen LogP contribution in [0.1, 0.15) is 25.0 Å². The summed E-state index contributed by atoms with van der Waals surface area (Å²) >= 11 is 3.38. The van der Waals surface area contributed by atoms with Gasteiger partial charge in [-0.05, 0) is 60.8 Å². The lowest BCUT2D eigenvalue weighted by Crippen LogP contribution is -2.22. The molecule has 0 spiro atoms. The predicted molar refractivity (Wildman–Crippen MR) is 82.1 cm³/mol. The zero-order chi connectivity index (χ0) is 14.6. The van der Waals surface area contributed by atoms with E-state index in [1.54, 1.807) is 0 Å². The van der Waals surface area contributed by atoms with Gasteiger partial charge in [-0.15, -0.1) is 0 Å². The highest BCUT2D eigenvalue weighted by molar-refractivity contribution is 9.10. The number of benzene rings is 1. The molecule has 0 heterocycles. The van der Waals surface area contributed by atoms with Crippen LogP contribution in [-0.2, 0) is 14.8 Å². The molecular formula is C13H20BrNO3S. The van der Waals surface area contributed by atoms with E-state index < -0.39 is 10.0 Å². The van der Waals surface area contributed by atoms with Crippen molar-refractivity contribution in [3.05, 3.63) is 27.7 Å². The number of anilines is 1. The van der Waals surface area contributed by atoms with E-state index in [0.717, 1.165) is 15.6 Å². The van der Waals surface area contributed by atoms with Crippen molar-refractivity contribution in [2.45, 2.75) is 33.8 Å². The van der Waals surface area contributed by atoms with Crippen molar-refractivity contribution in [2.75, 3.05) is 17.1 Å². The Morgan fingerprint density at radius 3 is 2.47 bits per heavy atom. The first-order chi connectivity index (χ1) is 8.71. The van der Waals surface area contributed by atoms with E-state index in [9.17, 15) is 8.42 Å². The van der Waals surface area contributed by atoms with E-state index in [0.29, 0.717) is 5.69 Å². The molecule has 1 N–H and O–H groups in total. The van der Waals surface area contributed by atoms with Gasteiger partial charge in [0.05, 0.1) is 24.2 Å². The second-order valence-corrected chi connectivity index (χ2v) is 7.48. The third-order valence-corrected chi connectivity index (χ3v) is 4.34. The van der Waals surface area contributed by atoms with Crippen molar-refractivity contribution >= 4 is 31.6 Å². The fourth-order valence-electron chi connectivity index (χ4n) is 1.65. The van der Waals surface area contributed by atoms with Gasteiger partial charge in [0.2, 0.25) is 10.0 Å². The molecular weight excluding hydrogens is 330 g/mol. The maximum atomic E-state index is 12.0. The summed E-state index contributed by atoms with van der Waals surface area (Å²) in [6.07, 6.45) is 0.0306. The molecule has 0 unspecified atom stereocenters. The number of sulfonamides is 1. The van der Waals surface area contributed by atoms with Crippen molar-refractivity contribution in [3.63, 3.8) is 0 Å². The van der Waals surface area contributed by atoms with Crippen LogP contribution in [0.4, 0.5) is 5.69 Å². The molecule has 1 aromatic rings. The van der Waals surface area contributed by atoms with Gasteiger partial charge in [0.15, 0.2) is 0 Å². The van der Waals surface area contributed by atoms with Gasteiger partial charge in [-0.3, -0.25) is 4.72 Å². The van der Waals surface area contributed by atoms with Crippen LogP contribution in [0.5, 0.6) is 0 Å². The van der Waals surface area contributed by atoms with Crippen LogP contribution in [-0.4, -0.2) is 26.9 Å². The van der Waals surface area contributed by atoms with Crippen molar-refractivity contribution in [1.82, 2.24) is 0 Å². The average Bonchev–Trinajstić information content (AvgIpc) is 2.22. The summed E-state index contributed by atoms with van der Waals surface area (Å²) in [5.74, 6) is -0.0507. The molecule has 0 atom stereocenters. The standard InChI is InChI=1S/C13H20BrNO3S/c1-9(2)18-5-6-19(16,17)15-13-11(4)7-10(3)8-12(13)14/h7-9,15H,5-6H2,1-4H3. The monoisotopic (exact) mass is 349 g/mol. The Labute approximate surface area is 123 Å². The summed E-state index contributed by atoms with van der Waals surface area (Å²) in [5, 5.41) is 0. The van der Waals surface area contributed by atoms with Crippen LogP contribution in [0.25, 0.3) is 0 Å². The first-order valence-electron chi connectivity index (χ1n) is 6.10. The minimum atomic E-state index is -3.39. The maximum Gasteiger partial charge on any atom is 0.235 e. The Kier molecular flexibility index (Phi) is 5.82. The number of ether oxygens (including phenoxy) is 1. The summed E-state index contributed by atoms with van der Waals surface area (Å²) in [5.41, 5.74) is 2.56. The Bertz CT molecular complexity index is 518. The Balaban J connectivity index is 2.79. The topological polar surface area (TPSA) is 55.4 Å². The van der Waals surface area contributed by atoms with Crippen molar-refractivity contribution < 1.29 is 13.2 Å². The molecule has 1 rings (SSSR count). The van der Waals surface area contributed by atoms with E-state index >= 15 is 0 Å². The number of nitrogens with one attached hydrogen (secondary N) is 1. The average molecular weight is 350 g/mol. The van der Waals surface area contributed by atoms with Crippen molar-refractivity contribution in [2.24, 2.45) is 0 Å². The fraction of sp³-hybridized carbons (Fsp3) is 0.538. The number of halogens is 1. The maximum absolute atomic E-state index is 12.0. The van der Waals surface area contributed by atoms with Crippen molar-refractivity contribution in [3.8, 4) is 0 Å². The fourth-order valence-corrected chi connectivity index (χ4v) is 3.55. The SMILES string of the molecule is Cc1cc(C)c(NS(=O)(=O)CCOC(C)C)c(Br)c1. The number of hydrogen-bond donors (Lipinski definition) is 1. The largest absolute Gasteiger partial charge is 0.378 e. The Morgan fingerprint density at radius 1 is 1.32 bits per heavy atom. The highest BCUT2D eigenvalue weighted by atomic mass is 79.9. The van der Waals surface area contributed by atoms with Crippen LogP contribution < -0.4 is 4.72 Å². The first kappa shape index (κ1) is 16.5. The van der Waals surface area contributed by atoms with Gasteiger partial charge in [0.1, 0.15) is 0 Å².